The Labute approximate surface area is 90.0 Å². The monoisotopic (exact) mass is 198 g/mol. The van der Waals surface area contributed by atoms with Gasteiger partial charge in [0.15, 0.2) is 0 Å². The Bertz CT molecular complexity index is 397. The van der Waals surface area contributed by atoms with Gasteiger partial charge in [0.25, 0.3) is 0 Å². The van der Waals surface area contributed by atoms with Crippen molar-refractivity contribution in [2.45, 2.75) is 13.0 Å². The summed E-state index contributed by atoms with van der Waals surface area (Å²) in [5.41, 5.74) is 2.33. The summed E-state index contributed by atoms with van der Waals surface area (Å²) in [7, 11) is 0. The van der Waals surface area contributed by atoms with E-state index < -0.39 is 0 Å². The maximum Gasteiger partial charge on any atom is 0.0500 e. The van der Waals surface area contributed by atoms with Gasteiger partial charge in [0.05, 0.1) is 6.04 Å². The van der Waals surface area contributed by atoms with E-state index in [0.717, 1.165) is 5.69 Å². The van der Waals surface area contributed by atoms with Crippen LogP contribution in [0.15, 0.2) is 54.9 Å². The molecule has 2 rings (SSSR count). The van der Waals surface area contributed by atoms with Crippen molar-refractivity contribution in [1.82, 2.24) is 4.98 Å². The maximum absolute atomic E-state index is 4.11. The summed E-state index contributed by atoms with van der Waals surface area (Å²) >= 11 is 0. The van der Waals surface area contributed by atoms with Gasteiger partial charge in [0.2, 0.25) is 0 Å². The molecule has 0 saturated heterocycles. The summed E-state index contributed by atoms with van der Waals surface area (Å²) in [4.78, 5) is 4.11. The predicted octanol–water partition coefficient (Wildman–Crippen LogP) is 3.25. The summed E-state index contributed by atoms with van der Waals surface area (Å²) in [6, 6.07) is 14.5. The van der Waals surface area contributed by atoms with Crippen molar-refractivity contribution in [2.75, 3.05) is 5.32 Å². The highest BCUT2D eigenvalue weighted by Gasteiger charge is 2.03. The molecule has 1 N–H and O–H groups in total. The zero-order valence-corrected chi connectivity index (χ0v) is 8.72. The van der Waals surface area contributed by atoms with Crippen molar-refractivity contribution in [3.8, 4) is 0 Å². The Balaban J connectivity index is 2.08. The normalized spacial score (nSPS) is 12.1. The van der Waals surface area contributed by atoms with Crippen molar-refractivity contribution in [3.05, 3.63) is 60.4 Å². The lowest BCUT2D eigenvalue weighted by Gasteiger charge is -2.14. The molecule has 1 aromatic carbocycles. The van der Waals surface area contributed by atoms with Crippen LogP contribution in [0.4, 0.5) is 5.69 Å². The van der Waals surface area contributed by atoms with Crippen LogP contribution in [0.5, 0.6) is 0 Å². The summed E-state index contributed by atoms with van der Waals surface area (Å²) in [5, 5.41) is 3.42. The summed E-state index contributed by atoms with van der Waals surface area (Å²) < 4.78 is 0. The molecule has 0 fully saturated rings. The van der Waals surface area contributed by atoms with Gasteiger partial charge in [-0.2, -0.15) is 0 Å². The molecule has 1 heterocycles. The molecule has 0 aliphatic carbocycles. The molecular formula is C13H14N2. The minimum Gasteiger partial charge on any atom is -0.378 e. The topological polar surface area (TPSA) is 24.9 Å². The van der Waals surface area contributed by atoms with Crippen LogP contribution in [-0.4, -0.2) is 4.98 Å². The Kier molecular flexibility index (Phi) is 2.98. The van der Waals surface area contributed by atoms with E-state index in [2.05, 4.69) is 35.4 Å². The average molecular weight is 198 g/mol. The fraction of sp³-hybridized carbons (Fsp3) is 0.154. The molecule has 0 spiro atoms. The first kappa shape index (κ1) is 9.71. The third-order valence-electron chi connectivity index (χ3n) is 2.34. The first-order valence-corrected chi connectivity index (χ1v) is 5.08. The summed E-state index contributed by atoms with van der Waals surface area (Å²) in [5.74, 6) is 0. The van der Waals surface area contributed by atoms with E-state index in [9.17, 15) is 0 Å². The highest BCUT2D eigenvalue weighted by atomic mass is 14.9. The molecule has 0 saturated carbocycles. The van der Waals surface area contributed by atoms with E-state index in [1.807, 2.05) is 30.5 Å². The van der Waals surface area contributed by atoms with Crippen molar-refractivity contribution in [1.29, 1.82) is 0 Å². The molecule has 0 amide bonds. The number of nitrogens with one attached hydrogen (secondary N) is 1. The Morgan fingerprint density at radius 1 is 1.07 bits per heavy atom. The molecule has 1 atom stereocenters. The van der Waals surface area contributed by atoms with Crippen LogP contribution in [0, 0.1) is 0 Å². The maximum atomic E-state index is 4.11. The number of aromatic nitrogens is 1. The van der Waals surface area contributed by atoms with Gasteiger partial charge < -0.3 is 5.32 Å². The number of hydrogen-bond acceptors (Lipinski definition) is 2. The molecule has 0 unspecified atom stereocenters. The molecule has 2 nitrogen and oxygen atoms in total. The zero-order valence-electron chi connectivity index (χ0n) is 8.72. The number of anilines is 1. The minimum atomic E-state index is 0.279. The lowest BCUT2D eigenvalue weighted by atomic mass is 10.1. The minimum absolute atomic E-state index is 0.279. The number of rotatable bonds is 3. The fourth-order valence-electron chi connectivity index (χ4n) is 1.50. The number of hydrogen-bond donors (Lipinski definition) is 1. The van der Waals surface area contributed by atoms with Crippen molar-refractivity contribution < 1.29 is 0 Å². The second-order valence-corrected chi connectivity index (χ2v) is 3.52. The molecule has 2 aromatic rings. The van der Waals surface area contributed by atoms with Gasteiger partial charge >= 0.3 is 0 Å². The van der Waals surface area contributed by atoms with Gasteiger partial charge in [-0.3, -0.25) is 4.98 Å². The second kappa shape index (κ2) is 4.60. The van der Waals surface area contributed by atoms with Gasteiger partial charge in [-0.1, -0.05) is 24.3 Å². The average Bonchev–Trinajstić information content (AvgIpc) is 2.31. The smallest absolute Gasteiger partial charge is 0.0500 e. The van der Waals surface area contributed by atoms with E-state index >= 15 is 0 Å². The lowest BCUT2D eigenvalue weighted by Crippen LogP contribution is -2.06. The molecule has 76 valence electrons. The van der Waals surface area contributed by atoms with E-state index in [1.165, 1.54) is 5.56 Å². The Morgan fingerprint density at radius 2 is 1.87 bits per heavy atom. The highest BCUT2D eigenvalue weighted by molar-refractivity contribution is 5.44. The van der Waals surface area contributed by atoms with Crippen LogP contribution in [0.2, 0.25) is 0 Å². The molecule has 15 heavy (non-hydrogen) atoms. The van der Waals surface area contributed by atoms with E-state index in [0.29, 0.717) is 0 Å². The summed E-state index contributed by atoms with van der Waals surface area (Å²) in [6.07, 6.45) is 3.68. The first-order chi connectivity index (χ1) is 7.36. The van der Waals surface area contributed by atoms with Crippen LogP contribution >= 0.6 is 0 Å². The summed E-state index contributed by atoms with van der Waals surface area (Å²) in [6.45, 7) is 2.13. The Hall–Kier alpha value is -1.83. The van der Waals surface area contributed by atoms with Crippen LogP contribution < -0.4 is 5.32 Å². The van der Waals surface area contributed by atoms with Crippen molar-refractivity contribution >= 4 is 5.69 Å². The van der Waals surface area contributed by atoms with Crippen molar-refractivity contribution in [3.63, 3.8) is 0 Å². The molecule has 0 aliphatic rings. The highest BCUT2D eigenvalue weighted by Crippen LogP contribution is 2.17. The molecule has 2 heteroatoms. The number of nitrogens with zero attached hydrogens (tertiary/aromatic N) is 1. The third-order valence-corrected chi connectivity index (χ3v) is 2.34. The molecule has 0 aliphatic heterocycles. The first-order valence-electron chi connectivity index (χ1n) is 5.08. The van der Waals surface area contributed by atoms with E-state index in [1.54, 1.807) is 6.20 Å². The van der Waals surface area contributed by atoms with Crippen LogP contribution in [-0.2, 0) is 0 Å². The largest absolute Gasteiger partial charge is 0.378 e. The standard InChI is InChI=1S/C13H14N2/c1-11(12-6-5-9-14-10-12)15-13-7-3-2-4-8-13/h2-11,15H,1H3/t11-/m0/s1. The van der Waals surface area contributed by atoms with Gasteiger partial charge in [0, 0.05) is 18.1 Å². The number of benzene rings is 1. The molecule has 0 bridgehead atoms. The second-order valence-electron chi connectivity index (χ2n) is 3.52. The number of para-hydroxylation sites is 1. The van der Waals surface area contributed by atoms with Crippen molar-refractivity contribution in [2.24, 2.45) is 0 Å². The van der Waals surface area contributed by atoms with Crippen LogP contribution in [0.1, 0.15) is 18.5 Å². The van der Waals surface area contributed by atoms with Gasteiger partial charge in [-0.25, -0.2) is 0 Å². The van der Waals surface area contributed by atoms with Gasteiger partial charge in [-0.05, 0) is 30.7 Å². The predicted molar refractivity (Wildman–Crippen MR) is 62.7 cm³/mol. The number of pyridine rings is 1. The van der Waals surface area contributed by atoms with Gasteiger partial charge in [-0.15, -0.1) is 0 Å². The zero-order chi connectivity index (χ0) is 10.5. The molecule has 1 aromatic heterocycles. The van der Waals surface area contributed by atoms with Crippen LogP contribution in [0.3, 0.4) is 0 Å². The SMILES string of the molecule is C[C@H](Nc1ccccc1)c1cccnc1. The van der Waals surface area contributed by atoms with Gasteiger partial charge in [0.1, 0.15) is 0 Å². The molecular weight excluding hydrogens is 184 g/mol. The molecule has 0 radical (unpaired) electrons. The lowest BCUT2D eigenvalue weighted by molar-refractivity contribution is 0.876. The quantitative estimate of drug-likeness (QED) is 0.818. The van der Waals surface area contributed by atoms with E-state index in [4.69, 9.17) is 0 Å². The van der Waals surface area contributed by atoms with Crippen LogP contribution in [0.25, 0.3) is 0 Å². The van der Waals surface area contributed by atoms with E-state index in [-0.39, 0.29) is 6.04 Å². The third kappa shape index (κ3) is 2.56. The Morgan fingerprint density at radius 3 is 2.53 bits per heavy atom. The fourth-order valence-corrected chi connectivity index (χ4v) is 1.50.